The summed E-state index contributed by atoms with van der Waals surface area (Å²) in [7, 11) is 0. The first-order valence-corrected chi connectivity index (χ1v) is 6.84. The van der Waals surface area contributed by atoms with Crippen LogP contribution < -0.4 is 4.74 Å². The van der Waals surface area contributed by atoms with Gasteiger partial charge < -0.3 is 4.74 Å². The van der Waals surface area contributed by atoms with Crippen molar-refractivity contribution < 1.29 is 9.53 Å². The van der Waals surface area contributed by atoms with Crippen LogP contribution in [0.5, 0.6) is 5.75 Å². The molecular formula is C15H10N2O2S. The van der Waals surface area contributed by atoms with E-state index in [2.05, 4.69) is 9.97 Å². The number of nitrogens with zero attached hydrogens (tertiary/aromatic N) is 2. The van der Waals surface area contributed by atoms with Crippen molar-refractivity contribution in [2.75, 3.05) is 0 Å². The van der Waals surface area contributed by atoms with Crippen LogP contribution in [0.3, 0.4) is 0 Å². The lowest BCUT2D eigenvalue weighted by molar-refractivity contribution is 0.0740. The van der Waals surface area contributed by atoms with Gasteiger partial charge in [-0.25, -0.2) is 14.8 Å². The summed E-state index contributed by atoms with van der Waals surface area (Å²) in [5.74, 6) is 0.801. The average Bonchev–Trinajstić information content (AvgIpc) is 3.03. The Morgan fingerprint density at radius 1 is 1.00 bits per heavy atom. The van der Waals surface area contributed by atoms with E-state index in [1.807, 2.05) is 23.6 Å². The highest BCUT2D eigenvalue weighted by Crippen LogP contribution is 2.20. The molecule has 0 saturated heterocycles. The highest BCUT2D eigenvalue weighted by atomic mass is 32.1. The van der Waals surface area contributed by atoms with Crippen LogP contribution in [-0.2, 0) is 0 Å². The normalized spacial score (nSPS) is 10.2. The molecule has 0 radical (unpaired) electrons. The minimum Gasteiger partial charge on any atom is -0.422 e. The van der Waals surface area contributed by atoms with Gasteiger partial charge in [-0.05, 0) is 41.8 Å². The Balaban J connectivity index is 1.75. The number of hydrogen-bond donors (Lipinski definition) is 0. The molecule has 0 bridgehead atoms. The largest absolute Gasteiger partial charge is 0.422 e. The standard InChI is InChI=1S/C15H10N2O2S/c18-15(13-3-1-10-20-13)19-12-6-4-11(5-7-12)14-16-8-2-9-17-14/h1-10H. The SMILES string of the molecule is O=C(Oc1ccc(-c2ncccn2)cc1)c1cccs1. The van der Waals surface area contributed by atoms with E-state index in [0.29, 0.717) is 16.5 Å². The molecule has 2 heterocycles. The second kappa shape index (κ2) is 5.63. The number of rotatable bonds is 3. The van der Waals surface area contributed by atoms with Gasteiger partial charge in [0, 0.05) is 18.0 Å². The van der Waals surface area contributed by atoms with E-state index in [1.54, 1.807) is 36.7 Å². The Morgan fingerprint density at radius 3 is 2.40 bits per heavy atom. The summed E-state index contributed by atoms with van der Waals surface area (Å²) in [6, 6.07) is 12.4. The molecule has 0 amide bonds. The van der Waals surface area contributed by atoms with Crippen LogP contribution in [0.25, 0.3) is 11.4 Å². The van der Waals surface area contributed by atoms with Crippen LogP contribution in [0.1, 0.15) is 9.67 Å². The number of ether oxygens (including phenoxy) is 1. The third-order valence-electron chi connectivity index (χ3n) is 2.61. The highest BCUT2D eigenvalue weighted by molar-refractivity contribution is 7.12. The van der Waals surface area contributed by atoms with Gasteiger partial charge in [-0.1, -0.05) is 6.07 Å². The summed E-state index contributed by atoms with van der Waals surface area (Å²) in [6.45, 7) is 0. The minimum absolute atomic E-state index is 0.344. The predicted molar refractivity (Wildman–Crippen MR) is 76.7 cm³/mol. The summed E-state index contributed by atoms with van der Waals surface area (Å²) < 4.78 is 5.28. The number of esters is 1. The fraction of sp³-hybridized carbons (Fsp3) is 0. The van der Waals surface area contributed by atoms with Crippen LogP contribution in [0.2, 0.25) is 0 Å². The number of aromatic nitrogens is 2. The first-order valence-electron chi connectivity index (χ1n) is 5.96. The third kappa shape index (κ3) is 2.73. The molecule has 3 rings (SSSR count). The molecule has 0 unspecified atom stereocenters. The summed E-state index contributed by atoms with van der Waals surface area (Å²) in [5.41, 5.74) is 0.876. The van der Waals surface area contributed by atoms with Crippen LogP contribution in [0.4, 0.5) is 0 Å². The highest BCUT2D eigenvalue weighted by Gasteiger charge is 2.09. The molecule has 0 N–H and O–H groups in total. The fourth-order valence-corrected chi connectivity index (χ4v) is 2.27. The molecule has 5 heteroatoms. The Kier molecular flexibility index (Phi) is 3.52. The monoisotopic (exact) mass is 282 g/mol. The zero-order valence-electron chi connectivity index (χ0n) is 10.4. The van der Waals surface area contributed by atoms with Gasteiger partial charge in [0.05, 0.1) is 0 Å². The second-order valence-electron chi connectivity index (χ2n) is 3.96. The zero-order chi connectivity index (χ0) is 13.8. The number of thiophene rings is 1. The van der Waals surface area contributed by atoms with Crippen molar-refractivity contribution in [3.8, 4) is 17.1 Å². The molecule has 0 fully saturated rings. The van der Waals surface area contributed by atoms with Crippen molar-refractivity contribution in [1.29, 1.82) is 0 Å². The Labute approximate surface area is 119 Å². The van der Waals surface area contributed by atoms with E-state index in [-0.39, 0.29) is 5.97 Å². The molecule has 0 aliphatic carbocycles. The molecule has 4 nitrogen and oxygen atoms in total. The van der Waals surface area contributed by atoms with Crippen molar-refractivity contribution in [2.24, 2.45) is 0 Å². The first kappa shape index (κ1) is 12.5. The maximum Gasteiger partial charge on any atom is 0.353 e. The first-order chi connectivity index (χ1) is 9.83. The lowest BCUT2D eigenvalue weighted by Crippen LogP contribution is -2.06. The lowest BCUT2D eigenvalue weighted by atomic mass is 10.2. The van der Waals surface area contributed by atoms with Crippen LogP contribution in [0, 0.1) is 0 Å². The van der Waals surface area contributed by atoms with E-state index in [1.165, 1.54) is 11.3 Å². The van der Waals surface area contributed by atoms with Crippen molar-refractivity contribution in [1.82, 2.24) is 9.97 Å². The van der Waals surface area contributed by atoms with Crippen molar-refractivity contribution in [2.45, 2.75) is 0 Å². The van der Waals surface area contributed by atoms with Gasteiger partial charge in [-0.2, -0.15) is 0 Å². The van der Waals surface area contributed by atoms with E-state index in [9.17, 15) is 4.79 Å². The average molecular weight is 282 g/mol. The van der Waals surface area contributed by atoms with Gasteiger partial charge in [0.2, 0.25) is 0 Å². The number of carbonyl (C=O) groups is 1. The second-order valence-corrected chi connectivity index (χ2v) is 4.91. The predicted octanol–water partition coefficient (Wildman–Crippen LogP) is 3.42. The summed E-state index contributed by atoms with van der Waals surface area (Å²) in [6.07, 6.45) is 3.38. The molecule has 0 spiro atoms. The van der Waals surface area contributed by atoms with Gasteiger partial charge in [0.25, 0.3) is 0 Å². The van der Waals surface area contributed by atoms with Gasteiger partial charge in [-0.3, -0.25) is 0 Å². The Bertz CT molecular complexity index is 695. The molecule has 1 aromatic carbocycles. The topological polar surface area (TPSA) is 52.1 Å². The zero-order valence-corrected chi connectivity index (χ0v) is 11.2. The van der Waals surface area contributed by atoms with Crippen LogP contribution in [-0.4, -0.2) is 15.9 Å². The summed E-state index contributed by atoms with van der Waals surface area (Å²) in [4.78, 5) is 20.7. The summed E-state index contributed by atoms with van der Waals surface area (Å²) >= 11 is 1.36. The quantitative estimate of drug-likeness (QED) is 0.545. The van der Waals surface area contributed by atoms with E-state index >= 15 is 0 Å². The smallest absolute Gasteiger partial charge is 0.353 e. The number of benzene rings is 1. The third-order valence-corrected chi connectivity index (χ3v) is 3.46. The van der Waals surface area contributed by atoms with Gasteiger partial charge in [0.15, 0.2) is 5.82 Å². The molecule has 0 aliphatic rings. The molecular weight excluding hydrogens is 272 g/mol. The van der Waals surface area contributed by atoms with Gasteiger partial charge in [0.1, 0.15) is 10.6 Å². The molecule has 2 aromatic heterocycles. The fourth-order valence-electron chi connectivity index (χ4n) is 1.67. The van der Waals surface area contributed by atoms with Crippen LogP contribution in [0.15, 0.2) is 60.2 Å². The van der Waals surface area contributed by atoms with E-state index in [0.717, 1.165) is 5.56 Å². The Hall–Kier alpha value is -2.53. The maximum atomic E-state index is 11.8. The molecule has 3 aromatic rings. The van der Waals surface area contributed by atoms with Crippen molar-refractivity contribution >= 4 is 17.3 Å². The van der Waals surface area contributed by atoms with Gasteiger partial charge in [-0.15, -0.1) is 11.3 Å². The van der Waals surface area contributed by atoms with Crippen molar-refractivity contribution in [3.05, 3.63) is 65.1 Å². The lowest BCUT2D eigenvalue weighted by Gasteiger charge is -2.04. The molecule has 0 atom stereocenters. The van der Waals surface area contributed by atoms with Crippen molar-refractivity contribution in [3.63, 3.8) is 0 Å². The molecule has 20 heavy (non-hydrogen) atoms. The number of hydrogen-bond acceptors (Lipinski definition) is 5. The van der Waals surface area contributed by atoms with E-state index in [4.69, 9.17) is 4.74 Å². The molecule has 0 saturated carbocycles. The number of carbonyl (C=O) groups excluding carboxylic acids is 1. The van der Waals surface area contributed by atoms with Crippen LogP contribution >= 0.6 is 11.3 Å². The molecule has 0 aliphatic heterocycles. The molecule has 98 valence electrons. The van der Waals surface area contributed by atoms with E-state index < -0.39 is 0 Å². The Morgan fingerprint density at radius 2 is 1.75 bits per heavy atom. The van der Waals surface area contributed by atoms with Gasteiger partial charge >= 0.3 is 5.97 Å². The maximum absolute atomic E-state index is 11.8. The minimum atomic E-state index is -0.344. The summed E-state index contributed by atoms with van der Waals surface area (Å²) in [5, 5.41) is 1.84.